The van der Waals surface area contributed by atoms with Crippen LogP contribution in [-0.4, -0.2) is 29.6 Å². The summed E-state index contributed by atoms with van der Waals surface area (Å²) in [4.78, 5) is 0. The van der Waals surface area contributed by atoms with Crippen LogP contribution in [0.2, 0.25) is 0 Å². The maximum Gasteiger partial charge on any atom is 0.151 e. The van der Waals surface area contributed by atoms with Gasteiger partial charge in [-0.3, -0.25) is 0 Å². The van der Waals surface area contributed by atoms with E-state index in [4.69, 9.17) is 0 Å². The topological polar surface area (TPSA) is 59.3 Å². The quantitative estimate of drug-likeness (QED) is 0.811. The maximum atomic E-state index is 11.4. The number of aryl methyl sites for hydroxylation is 1. The predicted molar refractivity (Wildman–Crippen MR) is 68.6 cm³/mol. The van der Waals surface area contributed by atoms with Crippen LogP contribution < -0.4 is 0 Å². The van der Waals surface area contributed by atoms with Gasteiger partial charge in [-0.1, -0.05) is 20.3 Å². The van der Waals surface area contributed by atoms with Crippen molar-refractivity contribution in [3.8, 4) is 0 Å². The second-order valence-corrected chi connectivity index (χ2v) is 6.70. The first-order chi connectivity index (χ1) is 7.98. The molecule has 0 aliphatic rings. The molecule has 17 heavy (non-hydrogen) atoms. The fraction of sp³-hybridized carbons (Fsp3) is 0.667. The third-order valence-electron chi connectivity index (χ3n) is 2.82. The lowest BCUT2D eigenvalue weighted by atomic mass is 10.1. The molecule has 0 bridgehead atoms. The van der Waals surface area contributed by atoms with Crippen molar-refractivity contribution in [3.63, 3.8) is 0 Å². The number of sulfone groups is 1. The summed E-state index contributed by atoms with van der Waals surface area (Å²) < 4.78 is 24.5. The Balaban J connectivity index is 2.57. The third kappa shape index (κ3) is 4.52. The number of hydrogen-bond donors (Lipinski definition) is 1. The molecule has 0 amide bonds. The van der Waals surface area contributed by atoms with Crippen LogP contribution in [0.1, 0.15) is 38.4 Å². The zero-order valence-electron chi connectivity index (χ0n) is 10.5. The van der Waals surface area contributed by atoms with E-state index in [9.17, 15) is 13.5 Å². The molecule has 0 saturated carbocycles. The highest BCUT2D eigenvalue weighted by molar-refractivity contribution is 7.91. The SMILES string of the molecule is CCCC(O)c1ccn(CCS(=O)(=O)CC)c1. The Bertz CT molecular complexity index is 436. The molecule has 0 aliphatic heterocycles. The monoisotopic (exact) mass is 259 g/mol. The lowest BCUT2D eigenvalue weighted by molar-refractivity contribution is 0.166. The van der Waals surface area contributed by atoms with Crippen molar-refractivity contribution < 1.29 is 13.5 Å². The van der Waals surface area contributed by atoms with Crippen LogP contribution in [0.25, 0.3) is 0 Å². The summed E-state index contributed by atoms with van der Waals surface area (Å²) in [6.07, 6.45) is 4.86. The summed E-state index contributed by atoms with van der Waals surface area (Å²) in [7, 11) is -2.92. The van der Waals surface area contributed by atoms with Crippen LogP contribution in [0, 0.1) is 0 Å². The van der Waals surface area contributed by atoms with E-state index in [0.29, 0.717) is 6.54 Å². The standard InChI is InChI=1S/C12H21NO3S/c1-3-5-12(14)11-6-7-13(10-11)8-9-17(15,16)4-2/h6-7,10,12,14H,3-5,8-9H2,1-2H3. The fourth-order valence-corrected chi connectivity index (χ4v) is 2.40. The molecule has 1 heterocycles. The first-order valence-electron chi connectivity index (χ1n) is 6.02. The number of nitrogens with zero attached hydrogens (tertiary/aromatic N) is 1. The lowest BCUT2D eigenvalue weighted by Crippen LogP contribution is -2.13. The van der Waals surface area contributed by atoms with Crippen molar-refractivity contribution in [3.05, 3.63) is 24.0 Å². The average Bonchev–Trinajstić information content (AvgIpc) is 2.76. The zero-order chi connectivity index (χ0) is 12.9. The first-order valence-corrected chi connectivity index (χ1v) is 7.84. The Morgan fingerprint density at radius 1 is 1.41 bits per heavy atom. The zero-order valence-corrected chi connectivity index (χ0v) is 11.3. The van der Waals surface area contributed by atoms with Gasteiger partial charge in [0.2, 0.25) is 0 Å². The minimum atomic E-state index is -2.92. The molecule has 0 aromatic carbocycles. The largest absolute Gasteiger partial charge is 0.388 e. The molecular weight excluding hydrogens is 238 g/mol. The van der Waals surface area contributed by atoms with Crippen molar-refractivity contribution in [2.45, 2.75) is 39.3 Å². The molecule has 0 saturated heterocycles. The van der Waals surface area contributed by atoms with Crippen molar-refractivity contribution in [2.75, 3.05) is 11.5 Å². The molecule has 4 nitrogen and oxygen atoms in total. The van der Waals surface area contributed by atoms with Gasteiger partial charge in [0.15, 0.2) is 9.84 Å². The van der Waals surface area contributed by atoms with E-state index < -0.39 is 15.9 Å². The summed E-state index contributed by atoms with van der Waals surface area (Å²) in [5.74, 6) is 0.334. The van der Waals surface area contributed by atoms with Gasteiger partial charge >= 0.3 is 0 Å². The Kier molecular flexibility index (Phi) is 5.21. The smallest absolute Gasteiger partial charge is 0.151 e. The number of hydrogen-bond acceptors (Lipinski definition) is 3. The van der Waals surface area contributed by atoms with E-state index in [0.717, 1.165) is 18.4 Å². The predicted octanol–water partition coefficient (Wildman–Crippen LogP) is 1.76. The van der Waals surface area contributed by atoms with Crippen LogP contribution in [0.4, 0.5) is 0 Å². The van der Waals surface area contributed by atoms with E-state index in [1.165, 1.54) is 0 Å². The van der Waals surface area contributed by atoms with Crippen molar-refractivity contribution in [1.29, 1.82) is 0 Å². The second-order valence-electron chi connectivity index (χ2n) is 4.22. The van der Waals surface area contributed by atoms with Gasteiger partial charge in [-0.05, 0) is 18.1 Å². The van der Waals surface area contributed by atoms with E-state index in [-0.39, 0.29) is 11.5 Å². The Morgan fingerprint density at radius 3 is 2.71 bits per heavy atom. The molecular formula is C12H21NO3S. The molecule has 0 radical (unpaired) electrons. The molecule has 1 aromatic rings. The lowest BCUT2D eigenvalue weighted by Gasteiger charge is -2.06. The number of rotatable bonds is 7. The van der Waals surface area contributed by atoms with Gasteiger partial charge in [0.05, 0.1) is 11.9 Å². The molecule has 1 unspecified atom stereocenters. The van der Waals surface area contributed by atoms with E-state index >= 15 is 0 Å². The van der Waals surface area contributed by atoms with Gasteiger partial charge in [0, 0.05) is 24.7 Å². The molecule has 1 aromatic heterocycles. The molecule has 0 aliphatic carbocycles. The minimum Gasteiger partial charge on any atom is -0.388 e. The molecule has 1 atom stereocenters. The van der Waals surface area contributed by atoms with Gasteiger partial charge in [0.1, 0.15) is 0 Å². The average molecular weight is 259 g/mol. The van der Waals surface area contributed by atoms with E-state index in [2.05, 4.69) is 0 Å². The Labute approximate surface area is 103 Å². The van der Waals surface area contributed by atoms with Crippen LogP contribution in [-0.2, 0) is 16.4 Å². The van der Waals surface area contributed by atoms with Gasteiger partial charge < -0.3 is 9.67 Å². The van der Waals surface area contributed by atoms with Gasteiger partial charge in [-0.25, -0.2) is 8.42 Å². The summed E-state index contributed by atoms with van der Waals surface area (Å²) in [5, 5.41) is 9.78. The summed E-state index contributed by atoms with van der Waals surface area (Å²) in [6, 6.07) is 1.85. The van der Waals surface area contributed by atoms with Crippen LogP contribution >= 0.6 is 0 Å². The Hall–Kier alpha value is -0.810. The molecule has 0 spiro atoms. The Morgan fingerprint density at radius 2 is 2.12 bits per heavy atom. The van der Waals surface area contributed by atoms with E-state index in [1.807, 2.05) is 30.0 Å². The van der Waals surface area contributed by atoms with Gasteiger partial charge in [0.25, 0.3) is 0 Å². The van der Waals surface area contributed by atoms with Crippen molar-refractivity contribution >= 4 is 9.84 Å². The first kappa shape index (κ1) is 14.3. The van der Waals surface area contributed by atoms with Gasteiger partial charge in [-0.15, -0.1) is 0 Å². The summed E-state index contributed by atoms with van der Waals surface area (Å²) >= 11 is 0. The van der Waals surface area contributed by atoms with Crippen LogP contribution in [0.5, 0.6) is 0 Å². The molecule has 1 N–H and O–H groups in total. The highest BCUT2D eigenvalue weighted by Crippen LogP contribution is 2.18. The maximum absolute atomic E-state index is 11.4. The minimum absolute atomic E-state index is 0.154. The normalized spacial score (nSPS) is 13.8. The van der Waals surface area contributed by atoms with Crippen molar-refractivity contribution in [2.24, 2.45) is 0 Å². The number of aliphatic hydroxyl groups excluding tert-OH is 1. The molecule has 98 valence electrons. The van der Waals surface area contributed by atoms with Crippen molar-refractivity contribution in [1.82, 2.24) is 4.57 Å². The van der Waals surface area contributed by atoms with Crippen LogP contribution in [0.3, 0.4) is 0 Å². The highest BCUT2D eigenvalue weighted by atomic mass is 32.2. The second kappa shape index (κ2) is 6.21. The molecule has 5 heteroatoms. The molecule has 0 fully saturated rings. The molecule has 1 rings (SSSR count). The third-order valence-corrected chi connectivity index (χ3v) is 4.50. The highest BCUT2D eigenvalue weighted by Gasteiger charge is 2.10. The number of aromatic nitrogens is 1. The van der Waals surface area contributed by atoms with Gasteiger partial charge in [-0.2, -0.15) is 0 Å². The van der Waals surface area contributed by atoms with E-state index in [1.54, 1.807) is 6.92 Å². The fourth-order valence-electron chi connectivity index (χ4n) is 1.62. The summed E-state index contributed by atoms with van der Waals surface area (Å²) in [6.45, 7) is 4.13. The number of aliphatic hydroxyl groups is 1. The van der Waals surface area contributed by atoms with Crippen LogP contribution in [0.15, 0.2) is 18.5 Å². The summed E-state index contributed by atoms with van der Waals surface area (Å²) in [5.41, 5.74) is 0.862.